The number of pyridine rings is 2. The molecule has 8 nitrogen and oxygen atoms in total. The van der Waals surface area contributed by atoms with Gasteiger partial charge in [-0.25, -0.2) is 9.78 Å². The predicted molar refractivity (Wildman–Crippen MR) is 106 cm³/mol. The van der Waals surface area contributed by atoms with Gasteiger partial charge in [-0.05, 0) is 42.2 Å². The second kappa shape index (κ2) is 7.89. The van der Waals surface area contributed by atoms with Gasteiger partial charge < -0.3 is 14.2 Å². The molecule has 5 rings (SSSR count). The average Bonchev–Trinajstić information content (AvgIpc) is 3.06. The number of benzene rings is 1. The van der Waals surface area contributed by atoms with Crippen LogP contribution in [0.1, 0.15) is 35.6 Å². The Labute approximate surface area is 200 Å². The molecule has 2 aliphatic heterocycles. The maximum Gasteiger partial charge on any atom is 1.00 e. The van der Waals surface area contributed by atoms with Crippen LogP contribution >= 0.6 is 8.25 Å². The van der Waals surface area contributed by atoms with Crippen LogP contribution in [0.5, 0.6) is 0 Å². The number of nitrogens with zero attached hydrogens (tertiary/aromatic N) is 2. The average molecular weight is 447 g/mol. The summed E-state index contributed by atoms with van der Waals surface area (Å²) in [5.74, 6) is -0.818. The van der Waals surface area contributed by atoms with Gasteiger partial charge in [0.2, 0.25) is 5.60 Å². The monoisotopic (exact) mass is 447 g/mol. The fourth-order valence-corrected chi connectivity index (χ4v) is 4.93. The molecule has 0 saturated carbocycles. The molecule has 0 aliphatic carbocycles. The fraction of sp³-hybridized carbons (Fsp3) is 0.286. The Balaban J connectivity index is 0.00000231. The summed E-state index contributed by atoms with van der Waals surface area (Å²) in [7, 11) is -3.35. The number of esters is 1. The van der Waals surface area contributed by atoms with E-state index < -0.39 is 19.8 Å². The van der Waals surface area contributed by atoms with Crippen molar-refractivity contribution in [3.8, 4) is 11.4 Å². The van der Waals surface area contributed by atoms with E-state index in [1.54, 1.807) is 17.6 Å². The molecule has 2 aliphatic rings. The number of carbonyl (C=O) groups excluding carboxylic acids is 1. The number of rotatable bonds is 3. The first-order valence-corrected chi connectivity index (χ1v) is 10.6. The molecule has 0 amide bonds. The van der Waals surface area contributed by atoms with Gasteiger partial charge in [-0.1, -0.05) is 18.6 Å². The second-order valence-corrected chi connectivity index (χ2v) is 8.21. The quantitative estimate of drug-likeness (QED) is 0.235. The topological polar surface area (TPSA) is 111 Å². The summed E-state index contributed by atoms with van der Waals surface area (Å²) in [5, 5.41) is 0.979. The summed E-state index contributed by atoms with van der Waals surface area (Å²) in [6.45, 7) is 3.74. The predicted octanol–water partition coefficient (Wildman–Crippen LogP) is -0.566. The van der Waals surface area contributed by atoms with Gasteiger partial charge >= 0.3 is 43.8 Å². The van der Waals surface area contributed by atoms with Crippen molar-refractivity contribution in [2.45, 2.75) is 39.0 Å². The molecule has 4 heterocycles. The van der Waals surface area contributed by atoms with E-state index in [9.17, 15) is 19.0 Å². The number of cyclic esters (lactones) is 1. The van der Waals surface area contributed by atoms with Crippen LogP contribution in [0.3, 0.4) is 0 Å². The summed E-state index contributed by atoms with van der Waals surface area (Å²) < 4.78 is 23.2. The maximum atomic E-state index is 13.3. The summed E-state index contributed by atoms with van der Waals surface area (Å²) in [4.78, 5) is 42.0. The zero-order valence-corrected chi connectivity index (χ0v) is 20.2. The Hall–Kier alpha value is -1.93. The van der Waals surface area contributed by atoms with E-state index in [0.29, 0.717) is 17.9 Å². The van der Waals surface area contributed by atoms with Gasteiger partial charge in [0, 0.05) is 16.5 Å². The first-order chi connectivity index (χ1) is 14.3. The van der Waals surface area contributed by atoms with Crippen LogP contribution in [0.15, 0.2) is 35.1 Å². The van der Waals surface area contributed by atoms with Crippen LogP contribution in [0.4, 0.5) is 0 Å². The number of carbonyl (C=O) groups is 1. The zero-order valence-electron chi connectivity index (χ0n) is 17.3. The van der Waals surface area contributed by atoms with Crippen molar-refractivity contribution in [1.82, 2.24) is 9.55 Å². The minimum absolute atomic E-state index is 0. The van der Waals surface area contributed by atoms with Gasteiger partial charge in [0.15, 0.2) is 0 Å². The van der Waals surface area contributed by atoms with Crippen LogP contribution < -0.4 is 40.0 Å². The SMILES string of the molecule is CC[C@@]1(O[P+](=O)[O-])C(=O)OCc2c1cc1n(c2=O)Cc2cc3cc(C)ccc3nc2-1.[Na+]. The summed E-state index contributed by atoms with van der Waals surface area (Å²) in [5.41, 5.74) is 2.22. The zero-order chi connectivity index (χ0) is 21.2. The van der Waals surface area contributed by atoms with Crippen molar-refractivity contribution in [3.63, 3.8) is 0 Å². The Morgan fingerprint density at radius 2 is 2.06 bits per heavy atom. The van der Waals surface area contributed by atoms with E-state index in [1.165, 1.54) is 0 Å². The van der Waals surface area contributed by atoms with Gasteiger partial charge in [-0.3, -0.25) is 4.79 Å². The van der Waals surface area contributed by atoms with E-state index in [4.69, 9.17) is 14.2 Å². The van der Waals surface area contributed by atoms with Crippen molar-refractivity contribution < 1.29 is 53.1 Å². The molecule has 1 unspecified atom stereocenters. The molecule has 0 bridgehead atoms. The molecule has 152 valence electrons. The number of hydrogen-bond acceptors (Lipinski definition) is 7. The molecule has 3 aromatic rings. The minimum Gasteiger partial charge on any atom is -0.566 e. The fourth-order valence-electron chi connectivity index (χ4n) is 4.37. The molecule has 31 heavy (non-hydrogen) atoms. The third kappa shape index (κ3) is 3.30. The van der Waals surface area contributed by atoms with E-state index >= 15 is 0 Å². The van der Waals surface area contributed by atoms with Gasteiger partial charge in [0.1, 0.15) is 6.61 Å². The molecule has 0 fully saturated rings. The number of hydrogen-bond donors (Lipinski definition) is 0. The van der Waals surface area contributed by atoms with Crippen LogP contribution in [-0.4, -0.2) is 15.5 Å². The molecule has 0 spiro atoms. The van der Waals surface area contributed by atoms with Crippen molar-refractivity contribution >= 4 is 25.1 Å². The van der Waals surface area contributed by atoms with Crippen LogP contribution in [0, 0.1) is 6.92 Å². The second-order valence-electron chi connectivity index (χ2n) is 7.58. The van der Waals surface area contributed by atoms with Crippen LogP contribution in [0.2, 0.25) is 0 Å². The Kier molecular flexibility index (Phi) is 5.67. The standard InChI is InChI=1S/C21H17N2O6P.Na/c1-3-21(29-30(26)27)15-8-17-18-13(7-12-6-11(2)4-5-16(12)22-18)9-23(17)19(24)14(15)10-28-20(21)25;/h4-8H,3,9-10H2,1-2H3;/q;+1/t21-;/m0./s1. The van der Waals surface area contributed by atoms with Crippen molar-refractivity contribution in [3.05, 3.63) is 62.9 Å². The smallest absolute Gasteiger partial charge is 0.566 e. The van der Waals surface area contributed by atoms with Crippen LogP contribution in [-0.2, 0) is 37.4 Å². The van der Waals surface area contributed by atoms with Gasteiger partial charge in [0.25, 0.3) is 5.56 Å². The van der Waals surface area contributed by atoms with E-state index in [1.807, 2.05) is 31.2 Å². The van der Waals surface area contributed by atoms with Crippen LogP contribution in [0.25, 0.3) is 22.3 Å². The van der Waals surface area contributed by atoms with Gasteiger partial charge in [-0.15, -0.1) is 4.52 Å². The van der Waals surface area contributed by atoms with Crippen molar-refractivity contribution in [2.75, 3.05) is 0 Å². The Morgan fingerprint density at radius 3 is 2.77 bits per heavy atom. The normalized spacial score (nSPS) is 19.2. The van der Waals surface area contributed by atoms with Crippen molar-refractivity contribution in [1.29, 1.82) is 0 Å². The first-order valence-electron chi connectivity index (χ1n) is 9.52. The van der Waals surface area contributed by atoms with E-state index in [0.717, 1.165) is 22.0 Å². The van der Waals surface area contributed by atoms with E-state index in [2.05, 4.69) is 0 Å². The molecule has 2 atom stereocenters. The summed E-state index contributed by atoms with van der Waals surface area (Å²) >= 11 is 0. The summed E-state index contributed by atoms with van der Waals surface area (Å²) in [6.07, 6.45) is 0.00230. The molecular formula is C21H17N2NaO6P+. The Morgan fingerprint density at radius 1 is 1.29 bits per heavy atom. The number of ether oxygens (including phenoxy) is 1. The minimum atomic E-state index is -3.35. The van der Waals surface area contributed by atoms with Gasteiger partial charge in [0.05, 0.1) is 29.0 Å². The van der Waals surface area contributed by atoms with Gasteiger partial charge in [-0.2, -0.15) is 0 Å². The largest absolute Gasteiger partial charge is 1.00 e. The molecule has 1 aromatic carbocycles. The molecule has 0 saturated heterocycles. The first kappa shape index (κ1) is 22.3. The third-order valence-electron chi connectivity index (χ3n) is 5.86. The van der Waals surface area contributed by atoms with Crippen molar-refractivity contribution in [2.24, 2.45) is 0 Å². The molecule has 10 heteroatoms. The molecule has 0 radical (unpaired) electrons. The number of aromatic nitrogens is 2. The third-order valence-corrected chi connectivity index (χ3v) is 6.32. The number of fused-ring (bicyclic) bond motifs is 5. The van der Waals surface area contributed by atoms with E-state index in [-0.39, 0.29) is 59.3 Å². The molecular weight excluding hydrogens is 430 g/mol. The molecule has 0 N–H and O–H groups in total. The maximum absolute atomic E-state index is 13.3. The summed E-state index contributed by atoms with van der Waals surface area (Å²) in [6, 6.07) is 9.58. The molecule has 2 aromatic heterocycles. The Bertz CT molecular complexity index is 1340. The number of aryl methyl sites for hydroxylation is 1.